The topological polar surface area (TPSA) is 151 Å². The molecule has 0 rings (SSSR count). The maximum absolute atomic E-state index is 12.9. The van der Waals surface area contributed by atoms with Gasteiger partial charge in [0.25, 0.3) is 0 Å². The van der Waals surface area contributed by atoms with E-state index in [1.165, 1.54) is 148 Å². The summed E-state index contributed by atoms with van der Waals surface area (Å²) in [4.78, 5) is 40.8. The Labute approximate surface area is 380 Å². The summed E-state index contributed by atoms with van der Waals surface area (Å²) in [7, 11) is 1.36. The summed E-state index contributed by atoms with van der Waals surface area (Å²) in [5, 5.41) is 9.35. The van der Waals surface area contributed by atoms with Crippen molar-refractivity contribution >= 4 is 19.8 Å². The van der Waals surface area contributed by atoms with E-state index < -0.39 is 32.3 Å². The van der Waals surface area contributed by atoms with E-state index >= 15 is 0 Å². The third-order valence-electron chi connectivity index (χ3n) is 11.2. The van der Waals surface area contributed by atoms with Gasteiger partial charge in [-0.2, -0.15) is 10.1 Å². The Kier molecular flexibility index (Phi) is 41.0. The minimum atomic E-state index is -4.64. The Morgan fingerprint density at radius 3 is 1.39 bits per heavy atom. The average Bonchev–Trinajstić information content (AvgIpc) is 3.22. The molecule has 366 valence electrons. The molecule has 62 heavy (non-hydrogen) atoms. The monoisotopic (exact) mass is 904 g/mol. The fourth-order valence-corrected chi connectivity index (χ4v) is 8.08. The van der Waals surface area contributed by atoms with Crippen molar-refractivity contribution in [3.8, 4) is 6.07 Å². The van der Waals surface area contributed by atoms with Gasteiger partial charge in [-0.1, -0.05) is 194 Å². The number of phosphoric acid groups is 1. The highest BCUT2D eigenvalue weighted by atomic mass is 31.2. The van der Waals surface area contributed by atoms with Crippen LogP contribution >= 0.6 is 7.82 Å². The molecule has 0 aromatic carbocycles. The van der Waals surface area contributed by atoms with Crippen molar-refractivity contribution in [2.45, 2.75) is 258 Å². The largest absolute Gasteiger partial charge is 0.499 e. The molecule has 4 unspecified atom stereocenters. The van der Waals surface area contributed by atoms with Crippen LogP contribution in [0.5, 0.6) is 0 Å². The first-order valence-electron chi connectivity index (χ1n) is 25.3. The number of carbonyl (C=O) groups excluding carboxylic acids is 2. The Morgan fingerprint density at radius 2 is 1.00 bits per heavy atom. The molecule has 4 atom stereocenters. The minimum Gasteiger partial charge on any atom is -0.462 e. The number of carbonyl (C=O) groups is 2. The zero-order valence-corrected chi connectivity index (χ0v) is 41.8. The first-order chi connectivity index (χ1) is 29.8. The van der Waals surface area contributed by atoms with Crippen LogP contribution in [0.2, 0.25) is 0 Å². The molecule has 12 nitrogen and oxygen atoms in total. The lowest BCUT2D eigenvalue weighted by atomic mass is 10.0. The van der Waals surface area contributed by atoms with Gasteiger partial charge in [0.15, 0.2) is 6.10 Å². The quantitative estimate of drug-likeness (QED) is 0.0118. The normalized spacial score (nSPS) is 14.2. The molecule has 0 amide bonds. The molecule has 0 saturated carbocycles. The maximum Gasteiger partial charge on any atom is 0.499 e. The lowest BCUT2D eigenvalue weighted by molar-refractivity contribution is -0.870. The lowest BCUT2D eigenvalue weighted by Crippen LogP contribution is -2.36. The van der Waals surface area contributed by atoms with E-state index in [0.29, 0.717) is 23.9 Å². The number of hydrogen-bond donors (Lipinski definition) is 1. The maximum atomic E-state index is 12.9. The summed E-state index contributed by atoms with van der Waals surface area (Å²) >= 11 is 0. The van der Waals surface area contributed by atoms with Crippen molar-refractivity contribution in [2.75, 3.05) is 40.9 Å². The molecule has 13 heteroatoms. The SMILES string of the molecule is CCCCCCCCCCCCCCCCCC(=O)OCC(COC(CC#N)OOP(=O)(O)OC(C)CC[N+](C)(C)C)OC(=O)CCCCCCCCCCCCCCCCC. The third kappa shape index (κ3) is 43.7. The molecule has 0 radical (unpaired) electrons. The molecule has 0 aromatic rings. The summed E-state index contributed by atoms with van der Waals surface area (Å²) in [6.07, 6.45) is 34.7. The Bertz CT molecular complexity index is 1130. The molecule has 0 bridgehead atoms. The van der Waals surface area contributed by atoms with Crippen molar-refractivity contribution in [1.82, 2.24) is 0 Å². The van der Waals surface area contributed by atoms with Crippen molar-refractivity contribution < 1.29 is 51.8 Å². The first-order valence-corrected chi connectivity index (χ1v) is 26.8. The summed E-state index contributed by atoms with van der Waals surface area (Å²) in [6, 6.07) is 1.89. The average molecular weight is 904 g/mol. The minimum absolute atomic E-state index is 0.223. The van der Waals surface area contributed by atoms with Gasteiger partial charge in [0.2, 0.25) is 6.29 Å². The van der Waals surface area contributed by atoms with Crippen molar-refractivity contribution in [1.29, 1.82) is 5.26 Å². The van der Waals surface area contributed by atoms with Gasteiger partial charge in [-0.3, -0.25) is 14.1 Å². The fraction of sp³-hybridized carbons (Fsp3) is 0.939. The third-order valence-corrected chi connectivity index (χ3v) is 12.1. The first kappa shape index (κ1) is 60.4. The predicted octanol–water partition coefficient (Wildman–Crippen LogP) is 13.8. The van der Waals surface area contributed by atoms with Crippen LogP contribution in [-0.4, -0.2) is 80.7 Å². The molecule has 0 aliphatic rings. The van der Waals surface area contributed by atoms with Crippen LogP contribution in [0.3, 0.4) is 0 Å². The molecule has 0 aliphatic carbocycles. The summed E-state index contributed by atoms with van der Waals surface area (Å²) in [5.41, 5.74) is 0. The Morgan fingerprint density at radius 1 is 0.613 bits per heavy atom. The number of phosphoric ester groups is 1. The van der Waals surface area contributed by atoms with Crippen LogP contribution in [0.1, 0.15) is 239 Å². The van der Waals surface area contributed by atoms with Crippen LogP contribution in [0, 0.1) is 11.3 Å². The molecule has 0 fully saturated rings. The van der Waals surface area contributed by atoms with E-state index in [2.05, 4.69) is 13.8 Å². The molecular weight excluding hydrogens is 808 g/mol. The van der Waals surface area contributed by atoms with E-state index in [1.807, 2.05) is 27.2 Å². The second-order valence-electron chi connectivity index (χ2n) is 18.7. The molecule has 0 saturated heterocycles. The summed E-state index contributed by atoms with van der Waals surface area (Å²) in [6.45, 7) is 6.35. The van der Waals surface area contributed by atoms with E-state index in [9.17, 15) is 24.3 Å². The number of nitriles is 1. The Balaban J connectivity index is 4.73. The highest BCUT2D eigenvalue weighted by Gasteiger charge is 2.30. The van der Waals surface area contributed by atoms with E-state index in [0.717, 1.165) is 38.5 Å². The van der Waals surface area contributed by atoms with Crippen molar-refractivity contribution in [2.24, 2.45) is 0 Å². The second-order valence-corrected chi connectivity index (χ2v) is 20.0. The molecule has 0 heterocycles. The van der Waals surface area contributed by atoms with Gasteiger partial charge in [-0.25, -0.2) is 4.57 Å². The molecule has 0 spiro atoms. The summed E-state index contributed by atoms with van der Waals surface area (Å²) < 4.78 is 40.0. The highest BCUT2D eigenvalue weighted by molar-refractivity contribution is 7.47. The van der Waals surface area contributed by atoms with E-state index in [1.54, 1.807) is 6.92 Å². The standard InChI is InChI=1S/C49H95N2O10P/c1-7-9-11-13-15-17-19-21-23-25-27-29-31-33-35-37-47(52)56-43-46(44-57-49(39-41-50)59-61-62(54,55)60-45(3)40-42-51(4,5)6)58-48(53)38-36-34-32-30-28-26-24-22-20-18-16-14-12-10-8-2/h45-46,49H,7-40,42-44H2,1-6H3/p+1. The number of esters is 2. The number of unbranched alkanes of at least 4 members (excludes halogenated alkanes) is 28. The van der Waals surface area contributed by atoms with Gasteiger partial charge in [-0.05, 0) is 19.8 Å². The van der Waals surface area contributed by atoms with Gasteiger partial charge in [0.1, 0.15) is 6.61 Å². The van der Waals surface area contributed by atoms with Gasteiger partial charge in [0.05, 0.1) is 52.9 Å². The van der Waals surface area contributed by atoms with Crippen LogP contribution in [0.4, 0.5) is 0 Å². The summed E-state index contributed by atoms with van der Waals surface area (Å²) in [5.74, 6) is -0.814. The van der Waals surface area contributed by atoms with Gasteiger partial charge < -0.3 is 23.6 Å². The van der Waals surface area contributed by atoms with Gasteiger partial charge in [0, 0.05) is 19.3 Å². The molecular formula is C49H96N2O10P+. The zero-order chi connectivity index (χ0) is 46.0. The smallest absolute Gasteiger partial charge is 0.462 e. The second kappa shape index (κ2) is 42.1. The van der Waals surface area contributed by atoms with Crippen LogP contribution in [-0.2, 0) is 42.5 Å². The van der Waals surface area contributed by atoms with Crippen LogP contribution in [0.15, 0.2) is 0 Å². The Hall–Kier alpha value is -1.58. The van der Waals surface area contributed by atoms with Crippen molar-refractivity contribution in [3.05, 3.63) is 0 Å². The highest BCUT2D eigenvalue weighted by Crippen LogP contribution is 2.45. The molecule has 0 aromatic heterocycles. The van der Waals surface area contributed by atoms with Crippen LogP contribution < -0.4 is 0 Å². The van der Waals surface area contributed by atoms with Crippen molar-refractivity contribution in [3.63, 3.8) is 0 Å². The van der Waals surface area contributed by atoms with E-state index in [-0.39, 0.29) is 38.4 Å². The molecule has 1 N–H and O–H groups in total. The van der Waals surface area contributed by atoms with Crippen LogP contribution in [0.25, 0.3) is 0 Å². The van der Waals surface area contributed by atoms with Gasteiger partial charge >= 0.3 is 19.8 Å². The number of rotatable bonds is 47. The fourth-order valence-electron chi connectivity index (χ4n) is 7.28. The van der Waals surface area contributed by atoms with Gasteiger partial charge in [-0.15, -0.1) is 4.67 Å². The number of ether oxygens (including phenoxy) is 3. The number of hydrogen-bond acceptors (Lipinski definition) is 10. The lowest BCUT2D eigenvalue weighted by Gasteiger charge is -2.26. The zero-order valence-electron chi connectivity index (χ0n) is 40.9. The predicted molar refractivity (Wildman–Crippen MR) is 250 cm³/mol. The molecule has 0 aliphatic heterocycles. The number of quaternary nitrogens is 1. The van der Waals surface area contributed by atoms with E-state index in [4.69, 9.17) is 28.3 Å². The number of nitrogens with zero attached hydrogens (tertiary/aromatic N) is 2.